The number of carboxylic acid groups (broad SMARTS) is 1. The molecule has 180 valence electrons. The van der Waals surface area contributed by atoms with Crippen LogP contribution in [0.4, 0.5) is 0 Å². The number of unbranched alkanes of at least 4 members (excludes halogenated alkanes) is 1. The van der Waals surface area contributed by atoms with Crippen molar-refractivity contribution in [3.8, 4) is 0 Å². The molecule has 0 saturated carbocycles. The molecular weight excluding hydrogens is 449 g/mol. The van der Waals surface area contributed by atoms with E-state index in [4.69, 9.17) is 10.8 Å². The van der Waals surface area contributed by atoms with Crippen LogP contribution >= 0.6 is 7.26 Å². The van der Waals surface area contributed by atoms with Gasteiger partial charge in [-0.3, -0.25) is 4.79 Å². The van der Waals surface area contributed by atoms with Crippen LogP contribution in [0.1, 0.15) is 25.3 Å². The summed E-state index contributed by atoms with van der Waals surface area (Å²) in [5.41, 5.74) is 6.30. The van der Waals surface area contributed by atoms with Gasteiger partial charge < -0.3 is 10.8 Å². The van der Waals surface area contributed by atoms with Gasteiger partial charge in [0.15, 0.2) is 0 Å². The summed E-state index contributed by atoms with van der Waals surface area (Å²) in [6.45, 7) is 2.29. The molecule has 4 rings (SSSR count). The topological polar surface area (TPSA) is 63.3 Å². The molecule has 0 aliphatic carbocycles. The molecule has 0 radical (unpaired) electrons. The SMILES string of the molecule is CCCC[P+](c1ccccc1)(c1ccccc1)c1ccccc1.N[C@@H](Cc1ccccc1)C(=O)O. The normalized spacial score (nSPS) is 11.7. The Morgan fingerprint density at radius 1 is 0.714 bits per heavy atom. The first kappa shape index (κ1) is 26.3. The highest BCUT2D eigenvalue weighted by atomic mass is 31.2. The van der Waals surface area contributed by atoms with Crippen molar-refractivity contribution < 1.29 is 9.90 Å². The predicted octanol–water partition coefficient (Wildman–Crippen LogP) is 5.42. The molecule has 3 nitrogen and oxygen atoms in total. The maximum atomic E-state index is 10.4. The number of carboxylic acids is 1. The highest BCUT2D eigenvalue weighted by Crippen LogP contribution is 2.55. The number of rotatable bonds is 9. The molecule has 4 heteroatoms. The van der Waals surface area contributed by atoms with Gasteiger partial charge in [-0.1, -0.05) is 98.3 Å². The van der Waals surface area contributed by atoms with E-state index in [9.17, 15) is 4.79 Å². The summed E-state index contributed by atoms with van der Waals surface area (Å²) in [5.74, 6) is -0.959. The van der Waals surface area contributed by atoms with E-state index in [-0.39, 0.29) is 0 Å². The molecule has 0 fully saturated rings. The minimum Gasteiger partial charge on any atom is -0.480 e. The van der Waals surface area contributed by atoms with Crippen LogP contribution < -0.4 is 21.6 Å². The first-order valence-electron chi connectivity index (χ1n) is 12.1. The van der Waals surface area contributed by atoms with Crippen molar-refractivity contribution in [2.75, 3.05) is 6.16 Å². The molecule has 0 aliphatic heterocycles. The van der Waals surface area contributed by atoms with Gasteiger partial charge in [0.05, 0.1) is 6.16 Å². The Morgan fingerprint density at radius 2 is 1.09 bits per heavy atom. The number of carbonyl (C=O) groups is 1. The molecule has 0 unspecified atom stereocenters. The van der Waals surface area contributed by atoms with Crippen molar-refractivity contribution in [2.45, 2.75) is 32.2 Å². The molecule has 0 spiro atoms. The van der Waals surface area contributed by atoms with Crippen molar-refractivity contribution in [1.82, 2.24) is 0 Å². The Kier molecular flexibility index (Phi) is 10.2. The predicted molar refractivity (Wildman–Crippen MR) is 151 cm³/mol. The summed E-state index contributed by atoms with van der Waals surface area (Å²) < 4.78 is 0. The van der Waals surface area contributed by atoms with Crippen LogP contribution in [0, 0.1) is 0 Å². The average Bonchev–Trinajstić information content (AvgIpc) is 2.92. The van der Waals surface area contributed by atoms with Crippen LogP contribution in [0.3, 0.4) is 0 Å². The van der Waals surface area contributed by atoms with Gasteiger partial charge in [0.1, 0.15) is 29.2 Å². The fourth-order valence-electron chi connectivity index (χ4n) is 4.23. The van der Waals surface area contributed by atoms with Crippen molar-refractivity contribution in [3.63, 3.8) is 0 Å². The number of benzene rings is 4. The highest BCUT2D eigenvalue weighted by Gasteiger charge is 2.44. The zero-order valence-corrected chi connectivity index (χ0v) is 21.2. The van der Waals surface area contributed by atoms with Gasteiger partial charge in [0.2, 0.25) is 0 Å². The summed E-state index contributed by atoms with van der Waals surface area (Å²) in [6, 6.07) is 41.9. The van der Waals surface area contributed by atoms with Gasteiger partial charge in [-0.15, -0.1) is 0 Å². The molecule has 0 aromatic heterocycles. The van der Waals surface area contributed by atoms with E-state index in [0.29, 0.717) is 6.42 Å². The number of hydrogen-bond acceptors (Lipinski definition) is 2. The first-order chi connectivity index (χ1) is 17.1. The second-order valence-corrected chi connectivity index (χ2v) is 12.1. The second kappa shape index (κ2) is 13.6. The molecule has 0 bridgehead atoms. The summed E-state index contributed by atoms with van der Waals surface area (Å²) in [7, 11) is -1.57. The van der Waals surface area contributed by atoms with Crippen LogP contribution in [0.15, 0.2) is 121 Å². The molecule has 35 heavy (non-hydrogen) atoms. The zero-order valence-electron chi connectivity index (χ0n) is 20.3. The van der Waals surface area contributed by atoms with Crippen molar-refractivity contribution >= 4 is 29.1 Å². The van der Waals surface area contributed by atoms with Crippen LogP contribution in [-0.4, -0.2) is 23.3 Å². The van der Waals surface area contributed by atoms with Crippen LogP contribution in [-0.2, 0) is 11.2 Å². The quantitative estimate of drug-likeness (QED) is 0.312. The molecule has 4 aromatic carbocycles. The minimum atomic E-state index is -1.57. The maximum Gasteiger partial charge on any atom is 0.320 e. The van der Waals surface area contributed by atoms with E-state index < -0.39 is 19.3 Å². The van der Waals surface area contributed by atoms with Crippen LogP contribution in [0.5, 0.6) is 0 Å². The van der Waals surface area contributed by atoms with Gasteiger partial charge in [0, 0.05) is 0 Å². The fourth-order valence-corrected chi connectivity index (χ4v) is 8.74. The monoisotopic (exact) mass is 484 g/mol. The van der Waals surface area contributed by atoms with E-state index >= 15 is 0 Å². The molecule has 1 atom stereocenters. The van der Waals surface area contributed by atoms with Gasteiger partial charge in [-0.25, -0.2) is 0 Å². The summed E-state index contributed by atoms with van der Waals surface area (Å²) in [5, 5.41) is 13.0. The smallest absolute Gasteiger partial charge is 0.320 e. The second-order valence-electron chi connectivity index (χ2n) is 8.53. The molecule has 0 aliphatic rings. The lowest BCUT2D eigenvalue weighted by molar-refractivity contribution is -0.138. The summed E-state index contributed by atoms with van der Waals surface area (Å²) >= 11 is 0. The standard InChI is InChI=1S/C22H24P.C9H11NO2/c1-2-3-19-23(20-13-7-4-8-14-20,21-15-9-5-10-16-21)22-17-11-6-12-18-22;10-8(9(11)12)6-7-4-2-1-3-5-7/h4-18H,2-3,19H2,1H3;1-5,8H,6,10H2,(H,11,12)/q+1;/t;8-/m.0/s1. The largest absolute Gasteiger partial charge is 0.480 e. The molecule has 3 N–H and O–H groups in total. The van der Waals surface area contributed by atoms with E-state index in [0.717, 1.165) is 5.56 Å². The van der Waals surface area contributed by atoms with E-state index in [1.807, 2.05) is 30.3 Å². The van der Waals surface area contributed by atoms with E-state index in [1.54, 1.807) is 0 Å². The number of aliphatic carboxylic acids is 1. The fraction of sp³-hybridized carbons (Fsp3) is 0.194. The third-order valence-electron chi connectivity index (χ3n) is 6.05. The first-order valence-corrected chi connectivity index (χ1v) is 14.1. The highest BCUT2D eigenvalue weighted by molar-refractivity contribution is 7.95. The van der Waals surface area contributed by atoms with Crippen molar-refractivity contribution in [3.05, 3.63) is 127 Å². The van der Waals surface area contributed by atoms with Gasteiger partial charge in [0.25, 0.3) is 0 Å². The number of nitrogens with two attached hydrogens (primary N) is 1. The molecule has 4 aromatic rings. The Labute approximate surface area is 210 Å². The van der Waals surface area contributed by atoms with Crippen molar-refractivity contribution in [1.29, 1.82) is 0 Å². The van der Waals surface area contributed by atoms with E-state index in [2.05, 4.69) is 97.9 Å². The van der Waals surface area contributed by atoms with Gasteiger partial charge in [-0.05, 0) is 54.8 Å². The molecule has 0 amide bonds. The Morgan fingerprint density at radius 3 is 1.43 bits per heavy atom. The molecule has 0 heterocycles. The number of hydrogen-bond donors (Lipinski definition) is 2. The van der Waals surface area contributed by atoms with Gasteiger partial charge in [-0.2, -0.15) is 0 Å². The lowest BCUT2D eigenvalue weighted by Crippen LogP contribution is -2.33. The third-order valence-corrected chi connectivity index (χ3v) is 10.6. The van der Waals surface area contributed by atoms with Crippen LogP contribution in [0.25, 0.3) is 0 Å². The van der Waals surface area contributed by atoms with Crippen molar-refractivity contribution in [2.24, 2.45) is 5.73 Å². The Hall–Kier alpha value is -3.26. The summed E-state index contributed by atoms with van der Waals surface area (Å²) in [6.07, 6.45) is 4.11. The minimum absolute atomic E-state index is 0.385. The lowest BCUT2D eigenvalue weighted by atomic mass is 10.1. The van der Waals surface area contributed by atoms with E-state index in [1.165, 1.54) is 34.9 Å². The Bertz CT molecular complexity index is 1040. The lowest BCUT2D eigenvalue weighted by Gasteiger charge is -2.27. The Balaban J connectivity index is 0.000000241. The summed E-state index contributed by atoms with van der Waals surface area (Å²) in [4.78, 5) is 10.4. The molecular formula is C31H35NO2P+. The molecule has 0 saturated heterocycles. The maximum absolute atomic E-state index is 10.4. The average molecular weight is 485 g/mol. The third kappa shape index (κ3) is 7.11. The zero-order chi connectivity index (χ0) is 24.9. The van der Waals surface area contributed by atoms with Gasteiger partial charge >= 0.3 is 5.97 Å². The van der Waals surface area contributed by atoms with Crippen LogP contribution in [0.2, 0.25) is 0 Å².